The smallest absolute Gasteiger partial charge is 0.419 e. The van der Waals surface area contributed by atoms with Crippen molar-refractivity contribution >= 4 is 28.9 Å². The van der Waals surface area contributed by atoms with Gasteiger partial charge in [-0.3, -0.25) is 9.55 Å². The van der Waals surface area contributed by atoms with E-state index in [4.69, 9.17) is 4.74 Å². The molecule has 0 unspecified atom stereocenters. The Kier molecular flexibility index (Phi) is 4.62. The molecule has 5 heteroatoms. The quantitative estimate of drug-likeness (QED) is 0.621. The van der Waals surface area contributed by atoms with Crippen molar-refractivity contribution in [2.24, 2.45) is 0 Å². The fourth-order valence-corrected chi connectivity index (χ4v) is 3.13. The second kappa shape index (κ2) is 6.69. The molecule has 0 amide bonds. The third-order valence-corrected chi connectivity index (χ3v) is 4.39. The van der Waals surface area contributed by atoms with Gasteiger partial charge in [0.2, 0.25) is 0 Å². The van der Waals surface area contributed by atoms with E-state index in [0.717, 1.165) is 21.7 Å². The number of benzene rings is 1. The first-order chi connectivity index (χ1) is 11.4. The first kappa shape index (κ1) is 16.6. The molecule has 0 aliphatic heterocycles. The Bertz CT molecular complexity index is 851. The van der Waals surface area contributed by atoms with Crippen LogP contribution in [0.5, 0.6) is 0 Å². The average Bonchev–Trinajstić information content (AvgIpc) is 2.95. The number of carbonyl (C=O) groups excluding carboxylic acids is 1. The summed E-state index contributed by atoms with van der Waals surface area (Å²) >= 11 is 1.70. The van der Waals surface area contributed by atoms with Crippen LogP contribution in [0.1, 0.15) is 26.3 Å². The molecule has 0 spiro atoms. The molecule has 0 saturated heterocycles. The van der Waals surface area contributed by atoms with Crippen LogP contribution in [-0.2, 0) is 10.5 Å². The van der Waals surface area contributed by atoms with Crippen molar-refractivity contribution in [3.63, 3.8) is 0 Å². The largest absolute Gasteiger partial charge is 0.443 e. The van der Waals surface area contributed by atoms with Gasteiger partial charge in [-0.15, -0.1) is 11.8 Å². The van der Waals surface area contributed by atoms with Crippen LogP contribution >= 0.6 is 11.8 Å². The molecule has 0 saturated carbocycles. The highest BCUT2D eigenvalue weighted by Gasteiger charge is 2.19. The predicted molar refractivity (Wildman–Crippen MR) is 97.4 cm³/mol. The Morgan fingerprint density at radius 2 is 1.96 bits per heavy atom. The van der Waals surface area contributed by atoms with Gasteiger partial charge in [0.15, 0.2) is 0 Å². The minimum atomic E-state index is -0.527. The Labute approximate surface area is 145 Å². The molecule has 0 aliphatic carbocycles. The molecular weight excluding hydrogens is 320 g/mol. The summed E-state index contributed by atoms with van der Waals surface area (Å²) in [7, 11) is 0. The summed E-state index contributed by atoms with van der Waals surface area (Å²) in [5, 5.41) is 0. The summed E-state index contributed by atoms with van der Waals surface area (Å²) < 4.78 is 6.96. The monoisotopic (exact) mass is 340 g/mol. The van der Waals surface area contributed by atoms with Gasteiger partial charge in [-0.1, -0.05) is 30.3 Å². The van der Waals surface area contributed by atoms with Crippen LogP contribution in [0.25, 0.3) is 11.0 Å². The van der Waals surface area contributed by atoms with E-state index in [2.05, 4.69) is 17.1 Å². The van der Waals surface area contributed by atoms with Gasteiger partial charge in [0.25, 0.3) is 0 Å². The molecular formula is C19H20N2O2S. The normalized spacial score (nSPS) is 11.6. The standard InChI is InChI=1S/C19H20N2O2S/c1-19(2,3)23-18(22)21-10-9-16-17(21)11-15(12-20-16)24-13-14-7-5-4-6-8-14/h4-12H,13H2,1-3H3. The number of aromatic nitrogens is 2. The van der Waals surface area contributed by atoms with Crippen LogP contribution < -0.4 is 0 Å². The Morgan fingerprint density at radius 3 is 2.67 bits per heavy atom. The summed E-state index contributed by atoms with van der Waals surface area (Å²) in [6.07, 6.45) is 3.16. The Morgan fingerprint density at radius 1 is 1.21 bits per heavy atom. The maximum atomic E-state index is 12.3. The van der Waals surface area contributed by atoms with Gasteiger partial charge in [-0.2, -0.15) is 0 Å². The van der Waals surface area contributed by atoms with Crippen molar-refractivity contribution in [3.05, 3.63) is 60.4 Å². The third kappa shape index (κ3) is 3.97. The van der Waals surface area contributed by atoms with Gasteiger partial charge in [-0.05, 0) is 38.5 Å². The zero-order valence-electron chi connectivity index (χ0n) is 14.0. The first-order valence-electron chi connectivity index (χ1n) is 7.79. The van der Waals surface area contributed by atoms with E-state index in [-0.39, 0.29) is 6.09 Å². The summed E-state index contributed by atoms with van der Waals surface area (Å²) in [6, 6.07) is 14.1. The second-order valence-electron chi connectivity index (χ2n) is 6.52. The molecule has 1 aromatic carbocycles. The lowest BCUT2D eigenvalue weighted by Gasteiger charge is -2.19. The van der Waals surface area contributed by atoms with Crippen molar-refractivity contribution in [2.45, 2.75) is 37.0 Å². The summed E-state index contributed by atoms with van der Waals surface area (Å²) in [6.45, 7) is 5.57. The number of hydrogen-bond acceptors (Lipinski definition) is 4. The van der Waals surface area contributed by atoms with Gasteiger partial charge < -0.3 is 4.74 Å². The highest BCUT2D eigenvalue weighted by molar-refractivity contribution is 7.98. The minimum Gasteiger partial charge on any atom is -0.443 e. The molecule has 2 aromatic heterocycles. The minimum absolute atomic E-state index is 0.385. The SMILES string of the molecule is CC(C)(C)OC(=O)n1ccc2ncc(SCc3ccccc3)cc21. The number of thioether (sulfide) groups is 1. The molecule has 3 aromatic rings. The van der Waals surface area contributed by atoms with E-state index >= 15 is 0 Å². The number of pyridine rings is 1. The van der Waals surface area contributed by atoms with Crippen molar-refractivity contribution in [2.75, 3.05) is 0 Å². The lowest BCUT2D eigenvalue weighted by molar-refractivity contribution is 0.0544. The number of carbonyl (C=O) groups is 1. The van der Waals surface area contributed by atoms with Crippen molar-refractivity contribution in [1.29, 1.82) is 0 Å². The van der Waals surface area contributed by atoms with Crippen LogP contribution in [0, 0.1) is 0 Å². The molecule has 0 atom stereocenters. The zero-order valence-corrected chi connectivity index (χ0v) is 14.8. The highest BCUT2D eigenvalue weighted by Crippen LogP contribution is 2.26. The topological polar surface area (TPSA) is 44.1 Å². The number of fused-ring (bicyclic) bond motifs is 1. The van der Waals surface area contributed by atoms with E-state index in [1.165, 1.54) is 10.1 Å². The van der Waals surface area contributed by atoms with Crippen molar-refractivity contribution in [3.8, 4) is 0 Å². The van der Waals surface area contributed by atoms with Crippen LogP contribution in [0.4, 0.5) is 4.79 Å². The maximum Gasteiger partial charge on any atom is 0.419 e. The van der Waals surface area contributed by atoms with Crippen molar-refractivity contribution < 1.29 is 9.53 Å². The van der Waals surface area contributed by atoms with E-state index in [1.807, 2.05) is 57.3 Å². The average molecular weight is 340 g/mol. The third-order valence-electron chi connectivity index (χ3n) is 3.35. The van der Waals surface area contributed by atoms with Gasteiger partial charge >= 0.3 is 6.09 Å². The molecule has 2 heterocycles. The summed E-state index contributed by atoms with van der Waals surface area (Å²) in [5.41, 5.74) is 2.28. The molecule has 0 radical (unpaired) electrons. The molecule has 124 valence electrons. The molecule has 0 N–H and O–H groups in total. The predicted octanol–water partition coefficient (Wildman–Crippen LogP) is 5.11. The van der Waals surface area contributed by atoms with Crippen LogP contribution in [0.3, 0.4) is 0 Å². The van der Waals surface area contributed by atoms with E-state index < -0.39 is 5.60 Å². The van der Waals surface area contributed by atoms with Crippen LogP contribution in [0.2, 0.25) is 0 Å². The van der Waals surface area contributed by atoms with Crippen molar-refractivity contribution in [1.82, 2.24) is 9.55 Å². The molecule has 0 fully saturated rings. The number of nitrogens with zero attached hydrogens (tertiary/aromatic N) is 2. The van der Waals surface area contributed by atoms with Gasteiger partial charge in [-0.25, -0.2) is 4.79 Å². The Balaban J connectivity index is 1.82. The maximum absolute atomic E-state index is 12.3. The fraction of sp³-hybridized carbons (Fsp3) is 0.263. The van der Waals surface area contributed by atoms with Gasteiger partial charge in [0, 0.05) is 23.0 Å². The molecule has 24 heavy (non-hydrogen) atoms. The van der Waals surface area contributed by atoms with Gasteiger partial charge in [0.1, 0.15) is 5.60 Å². The van der Waals surface area contributed by atoms with Gasteiger partial charge in [0.05, 0.1) is 11.0 Å². The van der Waals surface area contributed by atoms with E-state index in [0.29, 0.717) is 0 Å². The lowest BCUT2D eigenvalue weighted by Crippen LogP contribution is -2.26. The fourth-order valence-electron chi connectivity index (χ4n) is 2.28. The highest BCUT2D eigenvalue weighted by atomic mass is 32.2. The molecule has 3 rings (SSSR count). The van der Waals surface area contributed by atoms with E-state index in [1.54, 1.807) is 18.0 Å². The number of ether oxygens (including phenoxy) is 1. The molecule has 0 bridgehead atoms. The number of rotatable bonds is 3. The van der Waals surface area contributed by atoms with Crippen LogP contribution in [-0.4, -0.2) is 21.2 Å². The van der Waals surface area contributed by atoms with E-state index in [9.17, 15) is 4.79 Å². The molecule has 4 nitrogen and oxygen atoms in total. The Hall–Kier alpha value is -2.27. The second-order valence-corrected chi connectivity index (χ2v) is 7.56. The van der Waals surface area contributed by atoms with Crippen LogP contribution in [0.15, 0.2) is 59.8 Å². The molecule has 0 aliphatic rings. The lowest BCUT2D eigenvalue weighted by atomic mass is 10.2. The number of hydrogen-bond donors (Lipinski definition) is 0. The first-order valence-corrected chi connectivity index (χ1v) is 8.78. The summed E-state index contributed by atoms with van der Waals surface area (Å²) in [5.74, 6) is 0.862. The zero-order chi connectivity index (χ0) is 17.2. The summed E-state index contributed by atoms with van der Waals surface area (Å²) in [4.78, 5) is 17.8.